The van der Waals surface area contributed by atoms with E-state index in [2.05, 4.69) is 15.5 Å². The van der Waals surface area contributed by atoms with Gasteiger partial charge in [0.15, 0.2) is 0 Å². The maximum atomic E-state index is 12.3. The molecular formula is C19H22ClN5O2. The van der Waals surface area contributed by atoms with E-state index in [0.717, 1.165) is 28.4 Å². The highest BCUT2D eigenvalue weighted by molar-refractivity contribution is 6.30. The first-order valence-electron chi connectivity index (χ1n) is 8.61. The van der Waals surface area contributed by atoms with Gasteiger partial charge in [0, 0.05) is 19.2 Å². The Kier molecular flexibility index (Phi) is 5.81. The van der Waals surface area contributed by atoms with Crippen molar-refractivity contribution in [1.82, 2.24) is 19.6 Å². The Bertz CT molecular complexity index is 947. The maximum absolute atomic E-state index is 12.3. The second kappa shape index (κ2) is 8.26. The molecular weight excluding hydrogens is 366 g/mol. The molecule has 0 saturated heterocycles. The van der Waals surface area contributed by atoms with Gasteiger partial charge >= 0.3 is 0 Å². The van der Waals surface area contributed by atoms with Crippen molar-refractivity contribution in [3.8, 4) is 5.75 Å². The SMILES string of the molecule is COc1cccc(Cn2nc(C)c(NC(=O)CCn3cc(Cl)cn3)c2C)c1. The number of benzene rings is 1. The van der Waals surface area contributed by atoms with Crippen LogP contribution in [0.1, 0.15) is 23.4 Å². The van der Waals surface area contributed by atoms with Crippen LogP contribution in [0.2, 0.25) is 5.02 Å². The first-order chi connectivity index (χ1) is 13.0. The van der Waals surface area contributed by atoms with Crippen molar-refractivity contribution in [1.29, 1.82) is 0 Å². The summed E-state index contributed by atoms with van der Waals surface area (Å²) in [7, 11) is 1.65. The Morgan fingerprint density at radius 3 is 2.85 bits per heavy atom. The van der Waals surface area contributed by atoms with E-state index in [9.17, 15) is 4.79 Å². The fourth-order valence-electron chi connectivity index (χ4n) is 2.85. The molecule has 0 unspecified atom stereocenters. The minimum absolute atomic E-state index is 0.0891. The Hall–Kier alpha value is -2.80. The molecule has 1 N–H and O–H groups in total. The zero-order valence-electron chi connectivity index (χ0n) is 15.6. The van der Waals surface area contributed by atoms with Crippen molar-refractivity contribution >= 4 is 23.2 Å². The van der Waals surface area contributed by atoms with E-state index in [-0.39, 0.29) is 5.91 Å². The van der Waals surface area contributed by atoms with Gasteiger partial charge in [-0.1, -0.05) is 23.7 Å². The number of hydrogen-bond acceptors (Lipinski definition) is 4. The third kappa shape index (κ3) is 4.68. The van der Waals surface area contributed by atoms with Crippen molar-refractivity contribution in [2.75, 3.05) is 12.4 Å². The maximum Gasteiger partial charge on any atom is 0.226 e. The lowest BCUT2D eigenvalue weighted by Gasteiger charge is -2.08. The molecule has 1 aromatic carbocycles. The van der Waals surface area contributed by atoms with Gasteiger partial charge in [-0.25, -0.2) is 0 Å². The number of aryl methyl sites for hydroxylation is 2. The summed E-state index contributed by atoms with van der Waals surface area (Å²) in [6.07, 6.45) is 3.55. The fraction of sp³-hybridized carbons (Fsp3) is 0.316. The van der Waals surface area contributed by atoms with Crippen LogP contribution in [0.5, 0.6) is 5.75 Å². The largest absolute Gasteiger partial charge is 0.497 e. The summed E-state index contributed by atoms with van der Waals surface area (Å²) in [4.78, 5) is 12.3. The number of aromatic nitrogens is 4. The van der Waals surface area contributed by atoms with Gasteiger partial charge in [0.25, 0.3) is 0 Å². The lowest BCUT2D eigenvalue weighted by molar-refractivity contribution is -0.116. The summed E-state index contributed by atoms with van der Waals surface area (Å²) in [5, 5.41) is 12.2. The van der Waals surface area contributed by atoms with Crippen LogP contribution in [0.15, 0.2) is 36.7 Å². The lowest BCUT2D eigenvalue weighted by Crippen LogP contribution is -2.15. The average molecular weight is 388 g/mol. The number of methoxy groups -OCH3 is 1. The van der Waals surface area contributed by atoms with E-state index >= 15 is 0 Å². The van der Waals surface area contributed by atoms with E-state index in [1.807, 2.05) is 42.8 Å². The molecule has 0 radical (unpaired) electrons. The summed E-state index contributed by atoms with van der Waals surface area (Å²) in [6.45, 7) is 4.90. The highest BCUT2D eigenvalue weighted by atomic mass is 35.5. The summed E-state index contributed by atoms with van der Waals surface area (Å²) >= 11 is 5.83. The van der Waals surface area contributed by atoms with E-state index in [0.29, 0.717) is 24.5 Å². The van der Waals surface area contributed by atoms with Gasteiger partial charge in [0.1, 0.15) is 5.75 Å². The van der Waals surface area contributed by atoms with E-state index in [1.165, 1.54) is 0 Å². The van der Waals surface area contributed by atoms with E-state index in [4.69, 9.17) is 16.3 Å². The number of halogens is 1. The predicted molar refractivity (Wildman–Crippen MR) is 104 cm³/mol. The molecule has 0 spiro atoms. The molecule has 0 aliphatic rings. The standard InChI is InChI=1S/C19H22ClN5O2/c1-13-19(22-18(26)7-8-24-12-16(20)10-21-24)14(2)25(23-13)11-15-5-4-6-17(9-15)27-3/h4-6,9-10,12H,7-8,11H2,1-3H3,(H,22,26). The molecule has 0 bridgehead atoms. The molecule has 0 atom stereocenters. The minimum Gasteiger partial charge on any atom is -0.497 e. The normalized spacial score (nSPS) is 10.8. The molecule has 3 aromatic rings. The average Bonchev–Trinajstić information content (AvgIpc) is 3.18. The van der Waals surface area contributed by atoms with E-state index in [1.54, 1.807) is 24.2 Å². The number of nitrogens with zero attached hydrogens (tertiary/aromatic N) is 4. The van der Waals surface area contributed by atoms with Crippen LogP contribution in [-0.4, -0.2) is 32.6 Å². The Morgan fingerprint density at radius 2 is 2.15 bits per heavy atom. The van der Waals surface area contributed by atoms with Crippen LogP contribution >= 0.6 is 11.6 Å². The van der Waals surface area contributed by atoms with Crippen molar-refractivity contribution in [3.05, 3.63) is 58.6 Å². The van der Waals surface area contributed by atoms with Crippen LogP contribution < -0.4 is 10.1 Å². The predicted octanol–water partition coefficient (Wildman–Crippen LogP) is 3.44. The lowest BCUT2D eigenvalue weighted by atomic mass is 10.2. The van der Waals surface area contributed by atoms with Crippen LogP contribution in [0.4, 0.5) is 5.69 Å². The molecule has 0 fully saturated rings. The number of rotatable bonds is 7. The summed E-state index contributed by atoms with van der Waals surface area (Å²) in [5.74, 6) is 0.718. The fourth-order valence-corrected chi connectivity index (χ4v) is 3.01. The van der Waals surface area contributed by atoms with Crippen LogP contribution in [0.25, 0.3) is 0 Å². The van der Waals surface area contributed by atoms with Gasteiger partial charge < -0.3 is 10.1 Å². The van der Waals surface area contributed by atoms with Crippen molar-refractivity contribution in [2.45, 2.75) is 33.4 Å². The zero-order chi connectivity index (χ0) is 19.4. The third-order valence-electron chi connectivity index (χ3n) is 4.28. The van der Waals surface area contributed by atoms with Gasteiger partial charge in [0.05, 0.1) is 41.9 Å². The molecule has 0 aliphatic heterocycles. The van der Waals surface area contributed by atoms with Crippen molar-refractivity contribution in [3.63, 3.8) is 0 Å². The van der Waals surface area contributed by atoms with Gasteiger partial charge in [0.2, 0.25) is 5.91 Å². The number of anilines is 1. The zero-order valence-corrected chi connectivity index (χ0v) is 16.3. The number of hydrogen-bond donors (Lipinski definition) is 1. The number of carbonyl (C=O) groups is 1. The summed E-state index contributed by atoms with van der Waals surface area (Å²) in [6, 6.07) is 7.85. The van der Waals surface area contributed by atoms with E-state index < -0.39 is 0 Å². The first kappa shape index (κ1) is 19.0. The quantitative estimate of drug-likeness (QED) is 0.674. The molecule has 142 valence electrons. The smallest absolute Gasteiger partial charge is 0.226 e. The Labute approximate surface area is 162 Å². The summed E-state index contributed by atoms with van der Waals surface area (Å²) in [5.41, 5.74) is 3.52. The molecule has 0 aliphatic carbocycles. The third-order valence-corrected chi connectivity index (χ3v) is 4.48. The Morgan fingerprint density at radius 1 is 1.33 bits per heavy atom. The molecule has 27 heavy (non-hydrogen) atoms. The number of carbonyl (C=O) groups excluding carboxylic acids is 1. The van der Waals surface area contributed by atoms with Crippen LogP contribution in [0.3, 0.4) is 0 Å². The highest BCUT2D eigenvalue weighted by Gasteiger charge is 2.15. The first-order valence-corrected chi connectivity index (χ1v) is 8.99. The van der Waals surface area contributed by atoms with Gasteiger partial charge in [-0.05, 0) is 31.5 Å². The van der Waals surface area contributed by atoms with Gasteiger partial charge in [-0.2, -0.15) is 10.2 Å². The topological polar surface area (TPSA) is 74.0 Å². The minimum atomic E-state index is -0.0891. The van der Waals surface area contributed by atoms with Crippen molar-refractivity contribution < 1.29 is 9.53 Å². The second-order valence-electron chi connectivity index (χ2n) is 6.27. The molecule has 2 aromatic heterocycles. The second-order valence-corrected chi connectivity index (χ2v) is 6.71. The molecule has 1 amide bonds. The Balaban J connectivity index is 1.66. The highest BCUT2D eigenvalue weighted by Crippen LogP contribution is 2.22. The van der Waals surface area contributed by atoms with Crippen LogP contribution in [0, 0.1) is 13.8 Å². The molecule has 2 heterocycles. The molecule has 0 saturated carbocycles. The molecule has 7 nitrogen and oxygen atoms in total. The van der Waals surface area contributed by atoms with Gasteiger partial charge in [-0.15, -0.1) is 0 Å². The molecule has 3 rings (SSSR count). The van der Waals surface area contributed by atoms with Gasteiger partial charge in [-0.3, -0.25) is 14.2 Å². The number of ether oxygens (including phenoxy) is 1. The monoisotopic (exact) mass is 387 g/mol. The van der Waals surface area contributed by atoms with Crippen LogP contribution in [-0.2, 0) is 17.9 Å². The molecule has 8 heteroatoms. The van der Waals surface area contributed by atoms with Crippen molar-refractivity contribution in [2.24, 2.45) is 0 Å². The number of amides is 1. The summed E-state index contributed by atoms with van der Waals surface area (Å²) < 4.78 is 8.80. The number of nitrogens with one attached hydrogen (secondary N) is 1.